The third-order valence-electron chi connectivity index (χ3n) is 3.81. The highest BCUT2D eigenvalue weighted by atomic mass is 16.6. The minimum absolute atomic E-state index is 0.0354. The number of nitrogens with one attached hydrogen (secondary N) is 1. The molecule has 26 heavy (non-hydrogen) atoms. The first-order valence-corrected chi connectivity index (χ1v) is 7.92. The lowest BCUT2D eigenvalue weighted by Crippen LogP contribution is -2.22. The summed E-state index contributed by atoms with van der Waals surface area (Å²) in [7, 11) is 0. The van der Waals surface area contributed by atoms with E-state index in [0.717, 1.165) is 23.6 Å². The molecule has 0 aliphatic rings. The van der Waals surface area contributed by atoms with Crippen LogP contribution in [-0.2, 0) is 16.0 Å². The topological polar surface area (TPSA) is 125 Å². The minimum Gasteiger partial charge on any atom is -0.452 e. The fourth-order valence-corrected chi connectivity index (χ4v) is 2.42. The number of aryl methyl sites for hydroxylation is 2. The molecule has 0 saturated carbocycles. The summed E-state index contributed by atoms with van der Waals surface area (Å²) in [5.41, 5.74) is 7.79. The Morgan fingerprint density at radius 2 is 2.00 bits per heavy atom. The first kappa shape index (κ1) is 18.9. The van der Waals surface area contributed by atoms with Gasteiger partial charge in [0.25, 0.3) is 11.6 Å². The second-order valence-corrected chi connectivity index (χ2v) is 5.62. The van der Waals surface area contributed by atoms with Crippen molar-refractivity contribution in [2.45, 2.75) is 20.3 Å². The Morgan fingerprint density at radius 1 is 1.27 bits per heavy atom. The Morgan fingerprint density at radius 3 is 2.65 bits per heavy atom. The van der Waals surface area contributed by atoms with Crippen LogP contribution in [0.15, 0.2) is 36.4 Å². The number of para-hydroxylation sites is 1. The first-order chi connectivity index (χ1) is 12.3. The molecular weight excluding hydrogens is 338 g/mol. The standard InChI is InChI=1S/C18H19N3O5/c1-3-12-6-4-5-11(2)17(12)20-16(22)10-26-18(23)14-9-13(21(24)25)7-8-15(14)19/h4-9H,3,10,19H2,1-2H3,(H,20,22). The number of non-ortho nitro benzene ring substituents is 1. The van der Waals surface area contributed by atoms with Gasteiger partial charge in [0.05, 0.1) is 10.5 Å². The van der Waals surface area contributed by atoms with E-state index in [1.807, 2.05) is 32.0 Å². The van der Waals surface area contributed by atoms with E-state index in [1.165, 1.54) is 12.1 Å². The van der Waals surface area contributed by atoms with E-state index >= 15 is 0 Å². The van der Waals surface area contributed by atoms with Crippen molar-refractivity contribution in [3.63, 3.8) is 0 Å². The van der Waals surface area contributed by atoms with Crippen molar-refractivity contribution in [2.24, 2.45) is 0 Å². The van der Waals surface area contributed by atoms with E-state index < -0.39 is 23.4 Å². The second kappa shape index (κ2) is 8.11. The van der Waals surface area contributed by atoms with Crippen LogP contribution in [0.5, 0.6) is 0 Å². The number of carbonyl (C=O) groups excluding carboxylic acids is 2. The highest BCUT2D eigenvalue weighted by Crippen LogP contribution is 2.22. The number of nitrogens with two attached hydrogens (primary N) is 1. The zero-order valence-corrected chi connectivity index (χ0v) is 14.4. The maximum absolute atomic E-state index is 12.1. The average Bonchev–Trinajstić information content (AvgIpc) is 2.61. The number of anilines is 2. The second-order valence-electron chi connectivity index (χ2n) is 5.62. The fourth-order valence-electron chi connectivity index (χ4n) is 2.42. The van der Waals surface area contributed by atoms with Gasteiger partial charge in [0.1, 0.15) is 0 Å². The summed E-state index contributed by atoms with van der Waals surface area (Å²) in [5.74, 6) is -1.41. The molecule has 2 aromatic carbocycles. The number of esters is 1. The number of nitrogens with zero attached hydrogens (tertiary/aromatic N) is 1. The Kier molecular flexibility index (Phi) is 5.90. The molecule has 1 amide bonds. The van der Waals surface area contributed by atoms with E-state index in [1.54, 1.807) is 0 Å². The number of hydrogen-bond acceptors (Lipinski definition) is 6. The van der Waals surface area contributed by atoms with Crippen LogP contribution < -0.4 is 11.1 Å². The molecule has 0 spiro atoms. The molecule has 136 valence electrons. The number of hydrogen-bond donors (Lipinski definition) is 2. The van der Waals surface area contributed by atoms with Crippen molar-refractivity contribution in [1.82, 2.24) is 0 Å². The SMILES string of the molecule is CCc1cccc(C)c1NC(=O)COC(=O)c1cc([N+](=O)[O-])ccc1N. The lowest BCUT2D eigenvalue weighted by molar-refractivity contribution is -0.384. The van der Waals surface area contributed by atoms with E-state index in [9.17, 15) is 19.7 Å². The predicted octanol–water partition coefficient (Wildman–Crippen LogP) is 2.84. The minimum atomic E-state index is -0.901. The van der Waals surface area contributed by atoms with Crippen LogP contribution >= 0.6 is 0 Å². The molecule has 0 heterocycles. The molecular formula is C18H19N3O5. The Labute approximate surface area is 150 Å². The molecule has 0 aromatic heterocycles. The molecule has 0 bridgehead atoms. The summed E-state index contributed by atoms with van der Waals surface area (Å²) in [4.78, 5) is 34.3. The number of amides is 1. The number of nitro groups is 1. The molecule has 0 aliphatic carbocycles. The quantitative estimate of drug-likeness (QED) is 0.354. The molecule has 0 fully saturated rings. The van der Waals surface area contributed by atoms with Crippen LogP contribution in [-0.4, -0.2) is 23.4 Å². The molecule has 2 aromatic rings. The van der Waals surface area contributed by atoms with Crippen LogP contribution in [0.3, 0.4) is 0 Å². The third-order valence-corrected chi connectivity index (χ3v) is 3.81. The predicted molar refractivity (Wildman–Crippen MR) is 97.0 cm³/mol. The van der Waals surface area contributed by atoms with E-state index in [2.05, 4.69) is 5.32 Å². The van der Waals surface area contributed by atoms with Gasteiger partial charge in [-0.15, -0.1) is 0 Å². The summed E-state index contributed by atoms with van der Waals surface area (Å²) in [6.07, 6.45) is 0.737. The molecule has 0 radical (unpaired) electrons. The van der Waals surface area contributed by atoms with Gasteiger partial charge >= 0.3 is 5.97 Å². The van der Waals surface area contributed by atoms with Crippen LogP contribution in [0.4, 0.5) is 17.1 Å². The monoisotopic (exact) mass is 357 g/mol. The van der Waals surface area contributed by atoms with Gasteiger partial charge in [-0.05, 0) is 30.5 Å². The van der Waals surface area contributed by atoms with Crippen molar-refractivity contribution in [3.05, 3.63) is 63.2 Å². The number of carbonyl (C=O) groups is 2. The van der Waals surface area contributed by atoms with Gasteiger partial charge in [0, 0.05) is 23.5 Å². The first-order valence-electron chi connectivity index (χ1n) is 7.92. The number of benzene rings is 2. The molecule has 2 rings (SSSR count). The summed E-state index contributed by atoms with van der Waals surface area (Å²) in [6, 6.07) is 9.11. The number of rotatable bonds is 6. The lowest BCUT2D eigenvalue weighted by Gasteiger charge is -2.13. The molecule has 0 unspecified atom stereocenters. The van der Waals surface area contributed by atoms with Crippen LogP contribution in [0, 0.1) is 17.0 Å². The summed E-state index contributed by atoms with van der Waals surface area (Å²) >= 11 is 0. The largest absolute Gasteiger partial charge is 0.452 e. The molecule has 8 heteroatoms. The van der Waals surface area contributed by atoms with Gasteiger partial charge in [-0.1, -0.05) is 25.1 Å². The van der Waals surface area contributed by atoms with E-state index in [-0.39, 0.29) is 16.9 Å². The smallest absolute Gasteiger partial charge is 0.341 e. The van der Waals surface area contributed by atoms with Crippen molar-refractivity contribution in [1.29, 1.82) is 0 Å². The van der Waals surface area contributed by atoms with Gasteiger partial charge in [0.15, 0.2) is 6.61 Å². The Balaban J connectivity index is 2.05. The Bertz CT molecular complexity index is 864. The number of nitrogen functional groups attached to an aromatic ring is 1. The van der Waals surface area contributed by atoms with Crippen LogP contribution in [0.25, 0.3) is 0 Å². The number of ether oxygens (including phenoxy) is 1. The summed E-state index contributed by atoms with van der Waals surface area (Å²) in [5, 5.41) is 13.5. The van der Waals surface area contributed by atoms with Crippen molar-refractivity contribution >= 4 is 28.9 Å². The lowest BCUT2D eigenvalue weighted by atomic mass is 10.1. The van der Waals surface area contributed by atoms with Gasteiger partial charge < -0.3 is 15.8 Å². The highest BCUT2D eigenvalue weighted by molar-refractivity contribution is 5.99. The van der Waals surface area contributed by atoms with Gasteiger partial charge in [0.2, 0.25) is 0 Å². The zero-order valence-electron chi connectivity index (χ0n) is 14.4. The van der Waals surface area contributed by atoms with E-state index in [4.69, 9.17) is 10.5 Å². The van der Waals surface area contributed by atoms with Crippen LogP contribution in [0.1, 0.15) is 28.4 Å². The van der Waals surface area contributed by atoms with Crippen LogP contribution in [0.2, 0.25) is 0 Å². The maximum atomic E-state index is 12.1. The highest BCUT2D eigenvalue weighted by Gasteiger charge is 2.18. The summed E-state index contributed by atoms with van der Waals surface area (Å²) in [6.45, 7) is 3.30. The van der Waals surface area contributed by atoms with Crippen molar-refractivity contribution in [2.75, 3.05) is 17.7 Å². The summed E-state index contributed by atoms with van der Waals surface area (Å²) < 4.78 is 4.94. The fraction of sp³-hybridized carbons (Fsp3) is 0.222. The molecule has 8 nitrogen and oxygen atoms in total. The van der Waals surface area contributed by atoms with Gasteiger partial charge in [-0.25, -0.2) is 4.79 Å². The average molecular weight is 357 g/mol. The van der Waals surface area contributed by atoms with E-state index in [0.29, 0.717) is 5.69 Å². The number of nitro benzene ring substituents is 1. The van der Waals surface area contributed by atoms with Gasteiger partial charge in [-0.2, -0.15) is 0 Å². The van der Waals surface area contributed by atoms with Crippen molar-refractivity contribution in [3.8, 4) is 0 Å². The molecule has 0 aliphatic heterocycles. The zero-order chi connectivity index (χ0) is 19.3. The molecule has 0 saturated heterocycles. The molecule has 0 atom stereocenters. The third kappa shape index (κ3) is 4.35. The maximum Gasteiger partial charge on any atom is 0.341 e. The molecule has 3 N–H and O–H groups in total. The normalized spacial score (nSPS) is 10.2. The van der Waals surface area contributed by atoms with Gasteiger partial charge in [-0.3, -0.25) is 14.9 Å². The Hall–Kier alpha value is -3.42. The van der Waals surface area contributed by atoms with Crippen molar-refractivity contribution < 1.29 is 19.2 Å².